The van der Waals surface area contributed by atoms with Gasteiger partial charge in [0.15, 0.2) is 0 Å². The highest BCUT2D eigenvalue weighted by Gasteiger charge is 2.16. The smallest absolute Gasteiger partial charge is 0.227 e. The Morgan fingerprint density at radius 3 is 2.73 bits per heavy atom. The molecule has 1 N–H and O–H groups in total. The van der Waals surface area contributed by atoms with Gasteiger partial charge in [0.25, 0.3) is 0 Å². The number of phenolic OH excluding ortho intramolecular Hbond substituents is 1. The molecule has 0 aliphatic rings. The van der Waals surface area contributed by atoms with Gasteiger partial charge in [0.05, 0.1) is 6.54 Å². The molecule has 0 aliphatic carbocycles. The molecular weight excluding hydrogens is 302 g/mol. The molecule has 22 heavy (non-hydrogen) atoms. The number of aromatic nitrogens is 3. The van der Waals surface area contributed by atoms with Gasteiger partial charge in [0, 0.05) is 29.7 Å². The van der Waals surface area contributed by atoms with Gasteiger partial charge in [-0.05, 0) is 24.6 Å². The van der Waals surface area contributed by atoms with Crippen LogP contribution in [0.1, 0.15) is 11.3 Å². The Hall–Kier alpha value is -2.41. The molecule has 0 amide bonds. The number of pyridine rings is 1. The van der Waals surface area contributed by atoms with Crippen molar-refractivity contribution in [1.82, 2.24) is 14.5 Å². The Balaban J connectivity index is 2.13. The highest BCUT2D eigenvalue weighted by Crippen LogP contribution is 2.27. The maximum atomic E-state index is 11.7. The molecule has 6 nitrogen and oxygen atoms in total. The third kappa shape index (κ3) is 2.55. The Morgan fingerprint density at radius 2 is 2.00 bits per heavy atom. The summed E-state index contributed by atoms with van der Waals surface area (Å²) in [5, 5.41) is 10.8. The largest absolute Gasteiger partial charge is 0.506 e. The lowest BCUT2D eigenvalue weighted by molar-refractivity contribution is 0.480. The second kappa shape index (κ2) is 5.10. The van der Waals surface area contributed by atoms with Crippen molar-refractivity contribution in [2.45, 2.75) is 18.6 Å². The third-order valence-electron chi connectivity index (χ3n) is 3.42. The Bertz CT molecular complexity index is 961. The van der Waals surface area contributed by atoms with Crippen LogP contribution in [0, 0.1) is 6.92 Å². The fourth-order valence-corrected chi connectivity index (χ4v) is 3.23. The summed E-state index contributed by atoms with van der Waals surface area (Å²) in [6.45, 7) is 2.19. The highest BCUT2D eigenvalue weighted by atomic mass is 32.2. The topological polar surface area (TPSA) is 85.1 Å². The van der Waals surface area contributed by atoms with E-state index in [9.17, 15) is 13.5 Å². The van der Waals surface area contributed by atoms with Crippen LogP contribution in [-0.4, -0.2) is 34.3 Å². The number of rotatable bonds is 3. The lowest BCUT2D eigenvalue weighted by Gasteiger charge is -2.10. The predicted molar refractivity (Wildman–Crippen MR) is 82.6 cm³/mol. The Labute approximate surface area is 128 Å². The van der Waals surface area contributed by atoms with Gasteiger partial charge < -0.3 is 9.67 Å². The summed E-state index contributed by atoms with van der Waals surface area (Å²) < 4.78 is 25.0. The van der Waals surface area contributed by atoms with E-state index in [1.807, 2.05) is 19.1 Å². The van der Waals surface area contributed by atoms with Gasteiger partial charge in [-0.15, -0.1) is 0 Å². The number of nitrogens with zero attached hydrogens (tertiary/aromatic N) is 3. The summed E-state index contributed by atoms with van der Waals surface area (Å²) in [5.74, 6) is 0.108. The average Bonchev–Trinajstić information content (AvgIpc) is 2.90. The number of sulfone groups is 1. The summed E-state index contributed by atoms with van der Waals surface area (Å²) in [4.78, 5) is 8.25. The van der Waals surface area contributed by atoms with E-state index < -0.39 is 9.84 Å². The van der Waals surface area contributed by atoms with Crippen molar-refractivity contribution in [3.05, 3.63) is 47.9 Å². The number of aromatic hydroxyl groups is 1. The summed E-state index contributed by atoms with van der Waals surface area (Å²) in [6, 6.07) is 7.07. The fourth-order valence-electron chi connectivity index (χ4n) is 2.43. The molecule has 0 aliphatic heterocycles. The molecule has 0 spiro atoms. The number of phenols is 1. The minimum absolute atomic E-state index is 0.0220. The van der Waals surface area contributed by atoms with Crippen LogP contribution in [0.25, 0.3) is 10.9 Å². The zero-order chi connectivity index (χ0) is 15.9. The van der Waals surface area contributed by atoms with E-state index in [-0.39, 0.29) is 10.9 Å². The zero-order valence-electron chi connectivity index (χ0n) is 12.2. The van der Waals surface area contributed by atoms with E-state index in [1.54, 1.807) is 22.9 Å². The van der Waals surface area contributed by atoms with E-state index in [1.165, 1.54) is 6.20 Å². The molecule has 0 saturated carbocycles. The first-order valence-corrected chi connectivity index (χ1v) is 8.55. The lowest BCUT2D eigenvalue weighted by atomic mass is 10.1. The maximum Gasteiger partial charge on any atom is 0.227 e. The van der Waals surface area contributed by atoms with E-state index in [0.717, 1.165) is 22.9 Å². The molecule has 114 valence electrons. The second-order valence-corrected chi connectivity index (χ2v) is 7.11. The van der Waals surface area contributed by atoms with Gasteiger partial charge in [0.2, 0.25) is 15.0 Å². The van der Waals surface area contributed by atoms with Crippen LogP contribution in [-0.2, 0) is 16.4 Å². The molecule has 0 atom stereocenters. The molecule has 0 fully saturated rings. The molecular formula is C15H15N3O3S. The first-order chi connectivity index (χ1) is 10.4. The van der Waals surface area contributed by atoms with Gasteiger partial charge in [0.1, 0.15) is 11.3 Å². The van der Waals surface area contributed by atoms with Crippen molar-refractivity contribution in [1.29, 1.82) is 0 Å². The van der Waals surface area contributed by atoms with Crippen LogP contribution in [0.15, 0.2) is 41.8 Å². The molecule has 2 heterocycles. The maximum absolute atomic E-state index is 11.7. The third-order valence-corrected chi connectivity index (χ3v) is 4.42. The van der Waals surface area contributed by atoms with E-state index in [0.29, 0.717) is 12.1 Å². The standard InChI is InChI=1S/C15H15N3O3S/c1-10-3-5-12-11(4-6-13(19)14(12)17-10)9-18-8-7-16-15(18)22(2,20)21/h3-8,19H,9H2,1-2H3. The van der Waals surface area contributed by atoms with Gasteiger partial charge in [-0.25, -0.2) is 18.4 Å². The molecule has 3 rings (SSSR count). The number of fused-ring (bicyclic) bond motifs is 1. The highest BCUT2D eigenvalue weighted by molar-refractivity contribution is 7.90. The SMILES string of the molecule is Cc1ccc2c(Cn3ccnc3S(C)(=O)=O)ccc(O)c2n1. The molecule has 0 bridgehead atoms. The molecule has 0 unspecified atom stereocenters. The van der Waals surface area contributed by atoms with Gasteiger partial charge in [-0.1, -0.05) is 12.1 Å². The van der Waals surface area contributed by atoms with Crippen molar-refractivity contribution in [3.8, 4) is 5.75 Å². The summed E-state index contributed by atoms with van der Waals surface area (Å²) in [5.41, 5.74) is 2.18. The van der Waals surface area contributed by atoms with Crippen molar-refractivity contribution in [2.24, 2.45) is 0 Å². The van der Waals surface area contributed by atoms with Gasteiger partial charge >= 0.3 is 0 Å². The van der Waals surface area contributed by atoms with Crippen LogP contribution in [0.4, 0.5) is 0 Å². The van der Waals surface area contributed by atoms with Crippen LogP contribution >= 0.6 is 0 Å². The number of aryl methyl sites for hydroxylation is 1. The average molecular weight is 317 g/mol. The van der Waals surface area contributed by atoms with Crippen molar-refractivity contribution >= 4 is 20.7 Å². The monoisotopic (exact) mass is 317 g/mol. The van der Waals surface area contributed by atoms with Crippen molar-refractivity contribution < 1.29 is 13.5 Å². The zero-order valence-corrected chi connectivity index (χ0v) is 13.0. The summed E-state index contributed by atoms with van der Waals surface area (Å²) >= 11 is 0. The quantitative estimate of drug-likeness (QED) is 0.797. The molecule has 1 aromatic carbocycles. The number of hydrogen-bond donors (Lipinski definition) is 1. The number of hydrogen-bond acceptors (Lipinski definition) is 5. The van der Waals surface area contributed by atoms with Gasteiger partial charge in [-0.2, -0.15) is 0 Å². The molecule has 0 radical (unpaired) electrons. The Kier molecular flexibility index (Phi) is 3.37. The normalized spacial score (nSPS) is 11.9. The van der Waals surface area contributed by atoms with Gasteiger partial charge in [-0.3, -0.25) is 0 Å². The van der Waals surface area contributed by atoms with E-state index in [2.05, 4.69) is 9.97 Å². The molecule has 3 aromatic rings. The second-order valence-electron chi connectivity index (χ2n) is 5.20. The minimum Gasteiger partial charge on any atom is -0.506 e. The molecule has 2 aromatic heterocycles. The number of imidazole rings is 1. The summed E-state index contributed by atoms with van der Waals surface area (Å²) in [6.07, 6.45) is 4.21. The fraction of sp³-hybridized carbons (Fsp3) is 0.200. The number of benzene rings is 1. The molecule has 0 saturated heterocycles. The van der Waals surface area contributed by atoms with Crippen molar-refractivity contribution in [2.75, 3.05) is 6.26 Å². The first kappa shape index (κ1) is 14.5. The van der Waals surface area contributed by atoms with Crippen LogP contribution < -0.4 is 0 Å². The lowest BCUT2D eigenvalue weighted by Crippen LogP contribution is -2.10. The van der Waals surface area contributed by atoms with Crippen molar-refractivity contribution in [3.63, 3.8) is 0 Å². The van der Waals surface area contributed by atoms with Crippen LogP contribution in [0.2, 0.25) is 0 Å². The van der Waals surface area contributed by atoms with Crippen LogP contribution in [0.5, 0.6) is 5.75 Å². The molecule has 7 heteroatoms. The first-order valence-electron chi connectivity index (χ1n) is 6.65. The summed E-state index contributed by atoms with van der Waals surface area (Å²) in [7, 11) is -3.39. The Morgan fingerprint density at radius 1 is 1.23 bits per heavy atom. The predicted octanol–water partition coefficient (Wildman–Crippen LogP) is 1.90. The van der Waals surface area contributed by atoms with E-state index in [4.69, 9.17) is 0 Å². The van der Waals surface area contributed by atoms with Crippen LogP contribution in [0.3, 0.4) is 0 Å². The minimum atomic E-state index is -3.39. The van der Waals surface area contributed by atoms with E-state index >= 15 is 0 Å².